The molecule has 1 saturated heterocycles. The van der Waals surface area contributed by atoms with Crippen molar-refractivity contribution in [3.05, 3.63) is 5.75 Å². The SMILES string of the molecule is [CH]1CCOOS1. The van der Waals surface area contributed by atoms with Crippen molar-refractivity contribution in [2.75, 3.05) is 6.61 Å². The average Bonchev–Trinajstić information content (AvgIpc) is 1.72. The lowest BCUT2D eigenvalue weighted by atomic mass is 10.5. The lowest BCUT2D eigenvalue weighted by molar-refractivity contribution is -0.194. The van der Waals surface area contributed by atoms with E-state index < -0.39 is 0 Å². The zero-order chi connectivity index (χ0) is 4.24. The van der Waals surface area contributed by atoms with E-state index in [0.29, 0.717) is 6.61 Å². The maximum absolute atomic E-state index is 4.50. The Morgan fingerprint density at radius 2 is 2.67 bits per heavy atom. The van der Waals surface area contributed by atoms with Gasteiger partial charge in [-0.1, -0.05) is 0 Å². The van der Waals surface area contributed by atoms with E-state index >= 15 is 0 Å². The predicted octanol–water partition coefficient (Wildman–Crippen LogP) is 1.15. The minimum Gasteiger partial charge on any atom is -0.224 e. The summed E-state index contributed by atoms with van der Waals surface area (Å²) >= 11 is 1.25. The molecule has 0 aromatic heterocycles. The van der Waals surface area contributed by atoms with Gasteiger partial charge in [0, 0.05) is 12.0 Å². The third-order valence-corrected chi connectivity index (χ3v) is 1.02. The number of rotatable bonds is 0. The Balaban J connectivity index is 2.00. The molecule has 0 aromatic rings. The standard InChI is InChI=1S/C3H5O2S/c1-2-4-5-6-3-1/h3H,1-2H2. The van der Waals surface area contributed by atoms with Crippen LogP contribution in [-0.2, 0) is 9.22 Å². The van der Waals surface area contributed by atoms with Crippen molar-refractivity contribution in [3.63, 3.8) is 0 Å². The van der Waals surface area contributed by atoms with Crippen molar-refractivity contribution in [2.45, 2.75) is 6.42 Å². The Labute approximate surface area is 41.0 Å². The highest BCUT2D eigenvalue weighted by Crippen LogP contribution is 2.15. The molecule has 0 N–H and O–H groups in total. The van der Waals surface area contributed by atoms with Crippen molar-refractivity contribution >= 4 is 12.0 Å². The van der Waals surface area contributed by atoms with E-state index in [1.54, 1.807) is 0 Å². The summed E-state index contributed by atoms with van der Waals surface area (Å²) in [4.78, 5) is 4.50. The fourth-order valence-electron chi connectivity index (χ4n) is 0.234. The first-order valence-corrected chi connectivity index (χ1v) is 2.57. The van der Waals surface area contributed by atoms with Gasteiger partial charge in [-0.3, -0.25) is 0 Å². The molecule has 0 saturated carbocycles. The van der Waals surface area contributed by atoms with E-state index in [1.807, 2.05) is 5.75 Å². The molecule has 1 aliphatic rings. The summed E-state index contributed by atoms with van der Waals surface area (Å²) in [5.74, 6) is 1.96. The molecule has 2 nitrogen and oxygen atoms in total. The Bertz CT molecular complexity index is 24.3. The van der Waals surface area contributed by atoms with Crippen LogP contribution in [0.25, 0.3) is 0 Å². The van der Waals surface area contributed by atoms with Gasteiger partial charge in [-0.15, -0.1) is 0 Å². The fourth-order valence-corrected chi connectivity index (χ4v) is 0.606. The zero-order valence-corrected chi connectivity index (χ0v) is 4.03. The lowest BCUT2D eigenvalue weighted by Gasteiger charge is -2.05. The van der Waals surface area contributed by atoms with Gasteiger partial charge in [0.05, 0.1) is 12.4 Å². The smallest absolute Gasteiger partial charge is 0.0846 e. The van der Waals surface area contributed by atoms with Crippen LogP contribution in [0.5, 0.6) is 0 Å². The Morgan fingerprint density at radius 3 is 2.83 bits per heavy atom. The van der Waals surface area contributed by atoms with Gasteiger partial charge in [-0.05, 0) is 6.42 Å². The fraction of sp³-hybridized carbons (Fsp3) is 0.667. The van der Waals surface area contributed by atoms with Crippen LogP contribution in [-0.4, -0.2) is 6.61 Å². The van der Waals surface area contributed by atoms with Crippen molar-refractivity contribution in [3.8, 4) is 0 Å². The zero-order valence-electron chi connectivity index (χ0n) is 3.22. The highest BCUT2D eigenvalue weighted by Gasteiger charge is 1.97. The molecule has 1 fully saturated rings. The van der Waals surface area contributed by atoms with Gasteiger partial charge in [0.2, 0.25) is 0 Å². The molecule has 3 heteroatoms. The van der Waals surface area contributed by atoms with Gasteiger partial charge in [-0.25, -0.2) is 4.89 Å². The van der Waals surface area contributed by atoms with E-state index in [9.17, 15) is 0 Å². The second-order valence-corrected chi connectivity index (χ2v) is 1.60. The molecule has 0 aromatic carbocycles. The molecule has 6 heavy (non-hydrogen) atoms. The molecular weight excluding hydrogens is 100 g/mol. The van der Waals surface area contributed by atoms with Crippen LogP contribution in [0.15, 0.2) is 0 Å². The van der Waals surface area contributed by atoms with Crippen LogP contribution in [0, 0.1) is 5.75 Å². The molecule has 1 heterocycles. The third kappa shape index (κ3) is 1.16. The molecule has 1 radical (unpaired) electrons. The van der Waals surface area contributed by atoms with Crippen LogP contribution < -0.4 is 0 Å². The molecule has 0 atom stereocenters. The third-order valence-electron chi connectivity index (χ3n) is 0.474. The van der Waals surface area contributed by atoms with Gasteiger partial charge in [0.15, 0.2) is 0 Å². The van der Waals surface area contributed by atoms with E-state index in [0.717, 1.165) is 6.42 Å². The molecular formula is C3H5O2S. The number of hydrogen-bond acceptors (Lipinski definition) is 3. The largest absolute Gasteiger partial charge is 0.224 e. The monoisotopic (exact) mass is 105 g/mol. The van der Waals surface area contributed by atoms with Crippen LogP contribution in [0.3, 0.4) is 0 Å². The highest BCUT2D eigenvalue weighted by molar-refractivity contribution is 7.96. The minimum atomic E-state index is 0.701. The summed E-state index contributed by atoms with van der Waals surface area (Å²) in [5, 5.41) is 0. The Hall–Kier alpha value is 0.270. The number of hydrogen-bond donors (Lipinski definition) is 0. The van der Waals surface area contributed by atoms with Crippen LogP contribution in [0.4, 0.5) is 0 Å². The van der Waals surface area contributed by atoms with Crippen molar-refractivity contribution in [2.24, 2.45) is 0 Å². The second kappa shape index (κ2) is 2.44. The van der Waals surface area contributed by atoms with E-state index in [-0.39, 0.29) is 0 Å². The van der Waals surface area contributed by atoms with Crippen molar-refractivity contribution < 1.29 is 9.22 Å². The molecule has 1 aliphatic heterocycles. The first-order valence-electron chi connectivity index (χ1n) is 1.77. The molecule has 0 aliphatic carbocycles. The Kier molecular flexibility index (Phi) is 1.80. The topological polar surface area (TPSA) is 18.5 Å². The summed E-state index contributed by atoms with van der Waals surface area (Å²) in [5.41, 5.74) is 0. The van der Waals surface area contributed by atoms with E-state index in [1.165, 1.54) is 12.0 Å². The average molecular weight is 105 g/mol. The molecule has 0 unspecified atom stereocenters. The van der Waals surface area contributed by atoms with Crippen LogP contribution >= 0.6 is 12.0 Å². The minimum absolute atomic E-state index is 0.701. The first kappa shape index (κ1) is 4.43. The summed E-state index contributed by atoms with van der Waals surface area (Å²) in [6, 6.07) is 0. The van der Waals surface area contributed by atoms with Crippen molar-refractivity contribution in [1.82, 2.24) is 0 Å². The maximum atomic E-state index is 4.50. The van der Waals surface area contributed by atoms with E-state index in [2.05, 4.69) is 9.22 Å². The normalized spacial score (nSPS) is 24.0. The van der Waals surface area contributed by atoms with E-state index in [4.69, 9.17) is 0 Å². The van der Waals surface area contributed by atoms with Crippen LogP contribution in [0.1, 0.15) is 6.42 Å². The molecule has 0 amide bonds. The summed E-state index contributed by atoms with van der Waals surface area (Å²) in [6.07, 6.45) is 0.991. The molecule has 1 rings (SSSR count). The van der Waals surface area contributed by atoms with Gasteiger partial charge in [0.25, 0.3) is 0 Å². The van der Waals surface area contributed by atoms with Gasteiger partial charge >= 0.3 is 0 Å². The quantitative estimate of drug-likeness (QED) is 0.340. The predicted molar refractivity (Wildman–Crippen MR) is 23.5 cm³/mol. The van der Waals surface area contributed by atoms with Gasteiger partial charge in [0.1, 0.15) is 0 Å². The maximum Gasteiger partial charge on any atom is 0.0846 e. The summed E-state index contributed by atoms with van der Waals surface area (Å²) in [6.45, 7) is 0.701. The molecule has 35 valence electrons. The summed E-state index contributed by atoms with van der Waals surface area (Å²) in [7, 11) is 0. The van der Waals surface area contributed by atoms with Gasteiger partial charge < -0.3 is 0 Å². The highest BCUT2D eigenvalue weighted by atomic mass is 32.2. The van der Waals surface area contributed by atoms with Gasteiger partial charge in [-0.2, -0.15) is 4.33 Å². The van der Waals surface area contributed by atoms with Crippen molar-refractivity contribution in [1.29, 1.82) is 0 Å². The molecule has 0 spiro atoms. The summed E-state index contributed by atoms with van der Waals surface area (Å²) < 4.78 is 4.43. The Morgan fingerprint density at radius 1 is 1.67 bits per heavy atom. The second-order valence-electron chi connectivity index (χ2n) is 0.942. The molecule has 0 bridgehead atoms. The van der Waals surface area contributed by atoms with Crippen LogP contribution in [0.2, 0.25) is 0 Å². The lowest BCUT2D eigenvalue weighted by Crippen LogP contribution is -1.95. The first-order chi connectivity index (χ1) is 3.00.